The van der Waals surface area contributed by atoms with E-state index in [-0.39, 0.29) is 5.56 Å². The van der Waals surface area contributed by atoms with E-state index in [9.17, 15) is 9.18 Å². The molecule has 1 heterocycles. The predicted octanol–water partition coefficient (Wildman–Crippen LogP) is 3.27. The summed E-state index contributed by atoms with van der Waals surface area (Å²) in [5.74, 6) is 0.360. The Bertz CT molecular complexity index is 901. The molecule has 0 spiro atoms. The normalized spacial score (nSPS) is 11.2. The van der Waals surface area contributed by atoms with Gasteiger partial charge in [-0.3, -0.25) is 4.79 Å². The summed E-state index contributed by atoms with van der Waals surface area (Å²) in [6.07, 6.45) is 0. The third-order valence-electron chi connectivity index (χ3n) is 3.81. The zero-order valence-electron chi connectivity index (χ0n) is 13.7. The molecule has 2 aromatic carbocycles. The van der Waals surface area contributed by atoms with Gasteiger partial charge in [-0.25, -0.2) is 4.39 Å². The molecule has 24 heavy (non-hydrogen) atoms. The molecule has 5 heteroatoms. The average molecular weight is 326 g/mol. The van der Waals surface area contributed by atoms with Gasteiger partial charge >= 0.3 is 0 Å². The smallest absolute Gasteiger partial charge is 0.256 e. The number of hydrogen-bond acceptors (Lipinski definition) is 3. The number of benzene rings is 2. The van der Waals surface area contributed by atoms with E-state index in [2.05, 4.69) is 4.98 Å². The van der Waals surface area contributed by atoms with Crippen LogP contribution in [0, 0.1) is 5.82 Å². The number of aromatic amines is 1. The summed E-state index contributed by atoms with van der Waals surface area (Å²) in [4.78, 5) is 17.0. The van der Waals surface area contributed by atoms with E-state index in [1.165, 1.54) is 12.1 Å². The molecule has 0 saturated heterocycles. The molecule has 3 rings (SSSR count). The number of ether oxygens (including phenoxy) is 1. The molecule has 0 amide bonds. The molecule has 0 unspecified atom stereocenters. The van der Waals surface area contributed by atoms with Crippen LogP contribution in [0.25, 0.3) is 22.0 Å². The van der Waals surface area contributed by atoms with Crippen LogP contribution >= 0.6 is 0 Å². The molecular formula is C19H19FN2O2. The Hall–Kier alpha value is -2.66. The maximum Gasteiger partial charge on any atom is 0.256 e. The van der Waals surface area contributed by atoms with Crippen LogP contribution in [0.3, 0.4) is 0 Å². The predicted molar refractivity (Wildman–Crippen MR) is 94.0 cm³/mol. The number of pyridine rings is 1. The van der Waals surface area contributed by atoms with E-state index in [0.29, 0.717) is 23.1 Å². The zero-order chi connectivity index (χ0) is 17.1. The number of rotatable bonds is 5. The summed E-state index contributed by atoms with van der Waals surface area (Å²) >= 11 is 0. The van der Waals surface area contributed by atoms with Crippen molar-refractivity contribution in [2.45, 2.75) is 0 Å². The van der Waals surface area contributed by atoms with Crippen LogP contribution in [0.15, 0.2) is 53.3 Å². The summed E-state index contributed by atoms with van der Waals surface area (Å²) in [6.45, 7) is 1.43. The number of hydrogen-bond donors (Lipinski definition) is 1. The van der Waals surface area contributed by atoms with Crippen molar-refractivity contribution in [2.75, 3.05) is 27.2 Å². The molecule has 4 nitrogen and oxygen atoms in total. The van der Waals surface area contributed by atoms with Crippen molar-refractivity contribution in [3.63, 3.8) is 0 Å². The lowest BCUT2D eigenvalue weighted by atomic mass is 10.1. The van der Waals surface area contributed by atoms with Crippen LogP contribution in [0.4, 0.5) is 4.39 Å². The van der Waals surface area contributed by atoms with Crippen LogP contribution in [0.2, 0.25) is 0 Å². The topological polar surface area (TPSA) is 45.3 Å². The summed E-state index contributed by atoms with van der Waals surface area (Å²) < 4.78 is 19.6. The Balaban J connectivity index is 1.88. The SMILES string of the molecule is CN(C)CCOc1ccc(-c2cc3c(F)cccc3c(=O)[nH]2)cc1. The Kier molecular flexibility index (Phi) is 4.62. The van der Waals surface area contributed by atoms with Gasteiger partial charge in [0.05, 0.1) is 0 Å². The highest BCUT2D eigenvalue weighted by Crippen LogP contribution is 2.23. The number of fused-ring (bicyclic) bond motifs is 1. The molecule has 0 radical (unpaired) electrons. The van der Waals surface area contributed by atoms with Gasteiger partial charge in [0, 0.05) is 23.0 Å². The highest BCUT2D eigenvalue weighted by molar-refractivity contribution is 5.85. The second-order valence-electron chi connectivity index (χ2n) is 5.89. The zero-order valence-corrected chi connectivity index (χ0v) is 13.7. The monoisotopic (exact) mass is 326 g/mol. The Morgan fingerprint density at radius 3 is 2.54 bits per heavy atom. The fraction of sp³-hybridized carbons (Fsp3) is 0.211. The molecule has 0 aliphatic rings. The van der Waals surface area contributed by atoms with Gasteiger partial charge in [-0.05, 0) is 62.1 Å². The lowest BCUT2D eigenvalue weighted by Crippen LogP contribution is -2.19. The third kappa shape index (κ3) is 3.46. The highest BCUT2D eigenvalue weighted by Gasteiger charge is 2.08. The number of H-pyrrole nitrogens is 1. The second-order valence-corrected chi connectivity index (χ2v) is 5.89. The molecule has 1 aromatic heterocycles. The van der Waals surface area contributed by atoms with E-state index in [1.807, 2.05) is 43.3 Å². The first-order valence-corrected chi connectivity index (χ1v) is 7.74. The van der Waals surface area contributed by atoms with Crippen LogP contribution in [0.5, 0.6) is 5.75 Å². The fourth-order valence-corrected chi connectivity index (χ4v) is 2.48. The third-order valence-corrected chi connectivity index (χ3v) is 3.81. The lowest BCUT2D eigenvalue weighted by molar-refractivity contribution is 0.261. The van der Waals surface area contributed by atoms with E-state index in [4.69, 9.17) is 4.74 Å². The number of nitrogens with one attached hydrogen (secondary N) is 1. The quantitative estimate of drug-likeness (QED) is 0.783. The lowest BCUT2D eigenvalue weighted by Gasteiger charge is -2.11. The van der Waals surface area contributed by atoms with Crippen molar-refractivity contribution in [2.24, 2.45) is 0 Å². The molecule has 3 aromatic rings. The van der Waals surface area contributed by atoms with Crippen molar-refractivity contribution in [3.8, 4) is 17.0 Å². The number of aromatic nitrogens is 1. The first kappa shape index (κ1) is 16.2. The van der Waals surface area contributed by atoms with E-state index < -0.39 is 5.82 Å². The van der Waals surface area contributed by atoms with Crippen LogP contribution < -0.4 is 10.3 Å². The largest absolute Gasteiger partial charge is 0.492 e. The maximum atomic E-state index is 14.0. The van der Waals surface area contributed by atoms with Gasteiger partial charge in [0.2, 0.25) is 0 Å². The summed E-state index contributed by atoms with van der Waals surface area (Å²) in [5.41, 5.74) is 1.09. The van der Waals surface area contributed by atoms with Crippen LogP contribution in [0.1, 0.15) is 0 Å². The molecule has 0 aliphatic carbocycles. The maximum absolute atomic E-state index is 14.0. The van der Waals surface area contributed by atoms with Gasteiger partial charge in [0.25, 0.3) is 5.56 Å². The first-order valence-electron chi connectivity index (χ1n) is 7.74. The van der Waals surface area contributed by atoms with Gasteiger partial charge in [-0.15, -0.1) is 0 Å². The highest BCUT2D eigenvalue weighted by atomic mass is 19.1. The van der Waals surface area contributed by atoms with Gasteiger partial charge < -0.3 is 14.6 Å². The molecule has 1 N–H and O–H groups in total. The molecule has 0 fully saturated rings. The Morgan fingerprint density at radius 2 is 1.83 bits per heavy atom. The minimum absolute atomic E-state index is 0.298. The standard InChI is InChI=1S/C19H19FN2O2/c1-22(2)10-11-24-14-8-6-13(7-9-14)18-12-16-15(19(23)21-18)4-3-5-17(16)20/h3-9,12H,10-11H2,1-2H3,(H,21,23). The molecule has 0 bridgehead atoms. The molecule has 124 valence electrons. The van der Waals surface area contributed by atoms with Gasteiger partial charge in [-0.1, -0.05) is 6.07 Å². The van der Waals surface area contributed by atoms with Crippen LogP contribution in [-0.2, 0) is 0 Å². The van der Waals surface area contributed by atoms with E-state index >= 15 is 0 Å². The Morgan fingerprint density at radius 1 is 1.08 bits per heavy atom. The van der Waals surface area contributed by atoms with E-state index in [0.717, 1.165) is 17.9 Å². The summed E-state index contributed by atoms with van der Waals surface area (Å²) in [7, 11) is 3.98. The van der Waals surface area contributed by atoms with Crippen molar-refractivity contribution in [3.05, 3.63) is 64.7 Å². The Labute approximate surface area is 139 Å². The average Bonchev–Trinajstić information content (AvgIpc) is 2.56. The van der Waals surface area contributed by atoms with E-state index in [1.54, 1.807) is 12.1 Å². The van der Waals surface area contributed by atoms with Gasteiger partial charge in [0.15, 0.2) is 0 Å². The van der Waals surface area contributed by atoms with Gasteiger partial charge in [0.1, 0.15) is 18.2 Å². The molecular weight excluding hydrogens is 307 g/mol. The van der Waals surface area contributed by atoms with Crippen molar-refractivity contribution >= 4 is 10.8 Å². The minimum Gasteiger partial charge on any atom is -0.492 e. The molecule has 0 aliphatic heterocycles. The van der Waals surface area contributed by atoms with Crippen LogP contribution in [-0.4, -0.2) is 37.1 Å². The minimum atomic E-state index is -0.400. The summed E-state index contributed by atoms with van der Waals surface area (Å²) in [5, 5.41) is 0.671. The molecule has 0 atom stereocenters. The fourth-order valence-electron chi connectivity index (χ4n) is 2.48. The number of nitrogens with zero attached hydrogens (tertiary/aromatic N) is 1. The second kappa shape index (κ2) is 6.84. The summed E-state index contributed by atoms with van der Waals surface area (Å²) in [6, 6.07) is 13.5. The number of halogens is 1. The number of likely N-dealkylation sites (N-methyl/N-ethyl adjacent to an activating group) is 1. The molecule has 0 saturated carbocycles. The van der Waals surface area contributed by atoms with Crippen molar-refractivity contribution in [1.29, 1.82) is 0 Å². The van der Waals surface area contributed by atoms with Gasteiger partial charge in [-0.2, -0.15) is 0 Å². The van der Waals surface area contributed by atoms with Crippen molar-refractivity contribution < 1.29 is 9.13 Å². The van der Waals surface area contributed by atoms with Crippen molar-refractivity contribution in [1.82, 2.24) is 9.88 Å². The first-order chi connectivity index (χ1) is 11.5.